The van der Waals surface area contributed by atoms with Crippen molar-refractivity contribution in [1.29, 1.82) is 0 Å². The van der Waals surface area contributed by atoms with Gasteiger partial charge < -0.3 is 9.05 Å². The van der Waals surface area contributed by atoms with Crippen molar-refractivity contribution in [3.8, 4) is 0 Å². The van der Waals surface area contributed by atoms with Gasteiger partial charge in [-0.15, -0.1) is 0 Å². The summed E-state index contributed by atoms with van der Waals surface area (Å²) in [5, 5.41) is 0. The van der Waals surface area contributed by atoms with Crippen LogP contribution < -0.4 is 0 Å². The van der Waals surface area contributed by atoms with Crippen LogP contribution in [-0.2, 0) is 9.05 Å². The molecule has 0 spiro atoms. The summed E-state index contributed by atoms with van der Waals surface area (Å²) in [6.07, 6.45) is 21.7. The highest BCUT2D eigenvalue weighted by atomic mass is 31.1. The number of hydrogen-bond donors (Lipinski definition) is 0. The first-order chi connectivity index (χ1) is 11.4. The van der Waals surface area contributed by atoms with Gasteiger partial charge >= 0.3 is 0 Å². The Balaban J connectivity index is 2.92. The van der Waals surface area contributed by atoms with Gasteiger partial charge in [-0.3, -0.25) is 0 Å². The quantitative estimate of drug-likeness (QED) is 0.165. The zero-order chi connectivity index (χ0) is 16.8. The smallest absolute Gasteiger partial charge is 0.155 e. The summed E-state index contributed by atoms with van der Waals surface area (Å²) in [5.74, 6) is 0. The SMILES string of the molecule is CCCCCCCCCCOPOCCCCCCCCCC. The molecule has 0 bridgehead atoms. The topological polar surface area (TPSA) is 18.5 Å². The molecule has 2 nitrogen and oxygen atoms in total. The highest BCUT2D eigenvalue weighted by molar-refractivity contribution is 7.26. The average molecular weight is 347 g/mol. The Morgan fingerprint density at radius 1 is 0.435 bits per heavy atom. The summed E-state index contributed by atoms with van der Waals surface area (Å²) in [6, 6.07) is 0. The van der Waals surface area contributed by atoms with E-state index in [1.807, 2.05) is 0 Å². The Labute approximate surface area is 148 Å². The summed E-state index contributed by atoms with van der Waals surface area (Å²) in [5.41, 5.74) is 0. The molecule has 0 aliphatic rings. The van der Waals surface area contributed by atoms with E-state index in [0.29, 0.717) is 0 Å². The lowest BCUT2D eigenvalue weighted by Gasteiger charge is -2.05. The molecule has 0 rings (SSSR count). The van der Waals surface area contributed by atoms with Gasteiger partial charge in [0.2, 0.25) is 0 Å². The molecule has 0 amide bonds. The Morgan fingerprint density at radius 2 is 0.739 bits per heavy atom. The van der Waals surface area contributed by atoms with E-state index in [9.17, 15) is 0 Å². The maximum atomic E-state index is 5.56. The van der Waals surface area contributed by atoms with Crippen molar-refractivity contribution in [3.63, 3.8) is 0 Å². The van der Waals surface area contributed by atoms with E-state index in [1.165, 1.54) is 103 Å². The minimum absolute atomic E-state index is 0.256. The molecule has 0 saturated carbocycles. The van der Waals surface area contributed by atoms with Crippen LogP contribution >= 0.6 is 9.03 Å². The van der Waals surface area contributed by atoms with Crippen molar-refractivity contribution in [1.82, 2.24) is 0 Å². The van der Waals surface area contributed by atoms with Crippen LogP contribution in [0.25, 0.3) is 0 Å². The fraction of sp³-hybridized carbons (Fsp3) is 1.00. The van der Waals surface area contributed by atoms with Crippen molar-refractivity contribution in [3.05, 3.63) is 0 Å². The summed E-state index contributed by atoms with van der Waals surface area (Å²) in [4.78, 5) is 0. The Kier molecular flexibility index (Phi) is 22.7. The van der Waals surface area contributed by atoms with Gasteiger partial charge in [-0.1, -0.05) is 104 Å². The third-order valence-electron chi connectivity index (χ3n) is 4.32. The van der Waals surface area contributed by atoms with E-state index in [2.05, 4.69) is 13.8 Å². The predicted molar refractivity (Wildman–Crippen MR) is 105 cm³/mol. The third kappa shape index (κ3) is 22.4. The fourth-order valence-electron chi connectivity index (χ4n) is 2.74. The van der Waals surface area contributed by atoms with Crippen LogP contribution in [0.3, 0.4) is 0 Å². The van der Waals surface area contributed by atoms with E-state index >= 15 is 0 Å². The molecule has 0 aliphatic carbocycles. The Hall–Kier alpha value is 0.350. The molecular formula is C20H43O2P. The zero-order valence-electron chi connectivity index (χ0n) is 16.0. The maximum Gasteiger partial charge on any atom is 0.155 e. The second kappa shape index (κ2) is 22.4. The third-order valence-corrected chi connectivity index (χ3v) is 4.96. The summed E-state index contributed by atoms with van der Waals surface area (Å²) in [7, 11) is 0.256. The Morgan fingerprint density at radius 3 is 1.09 bits per heavy atom. The zero-order valence-corrected chi connectivity index (χ0v) is 17.0. The van der Waals surface area contributed by atoms with Gasteiger partial charge in [0.05, 0.1) is 13.2 Å². The van der Waals surface area contributed by atoms with Crippen molar-refractivity contribution in [2.24, 2.45) is 0 Å². The van der Waals surface area contributed by atoms with Gasteiger partial charge in [0.1, 0.15) is 0 Å². The van der Waals surface area contributed by atoms with Crippen LogP contribution in [0.15, 0.2) is 0 Å². The lowest BCUT2D eigenvalue weighted by atomic mass is 10.1. The lowest BCUT2D eigenvalue weighted by molar-refractivity contribution is 0.256. The number of unbranched alkanes of at least 4 members (excludes halogenated alkanes) is 14. The first-order valence-electron chi connectivity index (χ1n) is 10.4. The molecule has 0 aromatic heterocycles. The van der Waals surface area contributed by atoms with Crippen molar-refractivity contribution in [2.75, 3.05) is 13.2 Å². The normalized spacial score (nSPS) is 11.2. The molecule has 0 aromatic rings. The van der Waals surface area contributed by atoms with Gasteiger partial charge in [0, 0.05) is 0 Å². The predicted octanol–water partition coefficient (Wildman–Crippen LogP) is 7.81. The average Bonchev–Trinajstić information content (AvgIpc) is 2.57. The van der Waals surface area contributed by atoms with Crippen LogP contribution in [0.2, 0.25) is 0 Å². The lowest BCUT2D eigenvalue weighted by Crippen LogP contribution is -1.90. The van der Waals surface area contributed by atoms with Gasteiger partial charge in [-0.2, -0.15) is 0 Å². The van der Waals surface area contributed by atoms with E-state index in [0.717, 1.165) is 13.2 Å². The number of rotatable bonds is 20. The van der Waals surface area contributed by atoms with Gasteiger partial charge in [0.25, 0.3) is 0 Å². The van der Waals surface area contributed by atoms with E-state index in [-0.39, 0.29) is 9.03 Å². The standard InChI is InChI=1S/C20H43O2P/c1-3-5-7-9-11-13-15-17-19-21-23-22-20-18-16-14-12-10-8-6-4-2/h23H,3-20H2,1-2H3. The molecule has 0 atom stereocenters. The van der Waals surface area contributed by atoms with E-state index in [1.54, 1.807) is 0 Å². The first-order valence-corrected chi connectivity index (χ1v) is 11.2. The molecule has 0 radical (unpaired) electrons. The highest BCUT2D eigenvalue weighted by Gasteiger charge is 1.94. The minimum atomic E-state index is 0.256. The summed E-state index contributed by atoms with van der Waals surface area (Å²) in [6.45, 7) is 6.30. The summed E-state index contributed by atoms with van der Waals surface area (Å²) < 4.78 is 11.1. The molecule has 0 heterocycles. The molecular weight excluding hydrogens is 303 g/mol. The molecule has 140 valence electrons. The maximum absolute atomic E-state index is 5.56. The van der Waals surface area contributed by atoms with Crippen LogP contribution in [0.4, 0.5) is 0 Å². The van der Waals surface area contributed by atoms with Crippen molar-refractivity contribution >= 4 is 9.03 Å². The number of hydrogen-bond acceptors (Lipinski definition) is 2. The summed E-state index contributed by atoms with van der Waals surface area (Å²) >= 11 is 0. The van der Waals surface area contributed by atoms with Crippen LogP contribution in [0.1, 0.15) is 117 Å². The van der Waals surface area contributed by atoms with E-state index in [4.69, 9.17) is 9.05 Å². The first kappa shape index (κ1) is 23.4. The minimum Gasteiger partial charge on any atom is -0.336 e. The molecule has 3 heteroatoms. The Bertz CT molecular complexity index is 180. The molecule has 0 N–H and O–H groups in total. The second-order valence-corrected chi connectivity index (χ2v) is 7.47. The fourth-order valence-corrected chi connectivity index (χ4v) is 3.28. The molecule has 0 saturated heterocycles. The van der Waals surface area contributed by atoms with Gasteiger partial charge in [-0.25, -0.2) is 0 Å². The monoisotopic (exact) mass is 346 g/mol. The molecule has 0 aliphatic heterocycles. The molecule has 0 fully saturated rings. The molecule has 0 unspecified atom stereocenters. The van der Waals surface area contributed by atoms with Crippen molar-refractivity contribution in [2.45, 2.75) is 117 Å². The molecule has 0 aromatic carbocycles. The van der Waals surface area contributed by atoms with Crippen molar-refractivity contribution < 1.29 is 9.05 Å². The van der Waals surface area contributed by atoms with Gasteiger partial charge in [-0.05, 0) is 12.8 Å². The van der Waals surface area contributed by atoms with Crippen LogP contribution in [0, 0.1) is 0 Å². The van der Waals surface area contributed by atoms with Crippen LogP contribution in [-0.4, -0.2) is 13.2 Å². The molecule has 23 heavy (non-hydrogen) atoms. The highest BCUT2D eigenvalue weighted by Crippen LogP contribution is 2.17. The van der Waals surface area contributed by atoms with E-state index < -0.39 is 0 Å². The second-order valence-electron chi connectivity index (χ2n) is 6.73. The van der Waals surface area contributed by atoms with Crippen LogP contribution in [0.5, 0.6) is 0 Å². The van der Waals surface area contributed by atoms with Gasteiger partial charge in [0.15, 0.2) is 9.03 Å². The largest absolute Gasteiger partial charge is 0.336 e.